The Morgan fingerprint density at radius 2 is 2.29 bits per heavy atom. The summed E-state index contributed by atoms with van der Waals surface area (Å²) in [6, 6.07) is 7.24. The molecule has 2 rings (SSSR count). The van der Waals surface area contributed by atoms with Gasteiger partial charge in [-0.05, 0) is 48.4 Å². The summed E-state index contributed by atoms with van der Waals surface area (Å²) < 4.78 is 6.38. The first-order chi connectivity index (χ1) is 10.0. The Hall–Kier alpha value is -2.28. The van der Waals surface area contributed by atoms with Gasteiger partial charge in [-0.3, -0.25) is 4.79 Å². The van der Waals surface area contributed by atoms with Crippen LogP contribution in [0.15, 0.2) is 30.6 Å². The van der Waals surface area contributed by atoms with Crippen LogP contribution in [0.4, 0.5) is 0 Å². The Kier molecular flexibility index (Phi) is 4.64. The number of aliphatic hydroxyl groups is 1. The van der Waals surface area contributed by atoms with E-state index in [1.165, 1.54) is 11.0 Å². The van der Waals surface area contributed by atoms with Crippen molar-refractivity contribution in [3.8, 4) is 5.69 Å². The van der Waals surface area contributed by atoms with E-state index < -0.39 is 5.60 Å². The number of esters is 1. The molecule has 7 heteroatoms. The van der Waals surface area contributed by atoms with Crippen LogP contribution >= 0.6 is 0 Å². The van der Waals surface area contributed by atoms with Crippen LogP contribution in [-0.2, 0) is 15.1 Å². The lowest BCUT2D eigenvalue weighted by Gasteiger charge is -2.24. The summed E-state index contributed by atoms with van der Waals surface area (Å²) in [5, 5.41) is 21.5. The lowest BCUT2D eigenvalue weighted by Crippen LogP contribution is -2.23. The van der Waals surface area contributed by atoms with Crippen molar-refractivity contribution >= 4 is 5.97 Å². The van der Waals surface area contributed by atoms with Crippen molar-refractivity contribution in [2.75, 3.05) is 6.61 Å². The van der Waals surface area contributed by atoms with Gasteiger partial charge in [-0.15, -0.1) is 5.10 Å². The lowest BCUT2D eigenvalue weighted by molar-refractivity contribution is -0.144. The van der Waals surface area contributed by atoms with Gasteiger partial charge in [0.2, 0.25) is 0 Å². The third-order valence-electron chi connectivity index (χ3n) is 3.20. The van der Waals surface area contributed by atoms with Crippen molar-refractivity contribution in [1.29, 1.82) is 0 Å². The summed E-state index contributed by atoms with van der Waals surface area (Å²) in [5.41, 5.74) is 0.310. The number of ether oxygens (including phenoxy) is 1. The molecule has 0 bridgehead atoms. The number of nitrogens with zero attached hydrogens (tertiary/aromatic N) is 4. The molecular formula is C14H18N4O3. The molecule has 112 valence electrons. The lowest BCUT2D eigenvalue weighted by atomic mass is 9.91. The second kappa shape index (κ2) is 6.45. The van der Waals surface area contributed by atoms with E-state index in [1.807, 2.05) is 12.1 Å². The second-order valence-corrected chi connectivity index (χ2v) is 4.88. The Morgan fingerprint density at radius 1 is 1.48 bits per heavy atom. The molecule has 2 aromatic rings. The van der Waals surface area contributed by atoms with Gasteiger partial charge in [0.25, 0.3) is 0 Å². The molecule has 1 N–H and O–H groups in total. The van der Waals surface area contributed by atoms with Gasteiger partial charge in [0, 0.05) is 6.42 Å². The number of benzene rings is 1. The number of aromatic nitrogens is 4. The van der Waals surface area contributed by atoms with Crippen LogP contribution in [-0.4, -0.2) is 37.9 Å². The molecule has 0 aliphatic rings. The van der Waals surface area contributed by atoms with E-state index in [2.05, 4.69) is 15.5 Å². The summed E-state index contributed by atoms with van der Waals surface area (Å²) >= 11 is 0. The molecule has 0 fully saturated rings. The van der Waals surface area contributed by atoms with Crippen molar-refractivity contribution < 1.29 is 14.6 Å². The molecule has 0 radical (unpaired) electrons. The number of carbonyl (C=O) groups excluding carboxylic acids is 1. The predicted octanol–water partition coefficient (Wildman–Crippen LogP) is 1.21. The van der Waals surface area contributed by atoms with E-state index in [0.29, 0.717) is 12.2 Å². The average molecular weight is 290 g/mol. The first-order valence-corrected chi connectivity index (χ1v) is 6.75. The summed E-state index contributed by atoms with van der Waals surface area (Å²) in [7, 11) is 0. The monoisotopic (exact) mass is 290 g/mol. The standard InChI is InChI=1S/C14H18N4O3/c1-3-21-13(19)7-8-14(2,20)11-5-4-6-12(9-11)18-10-15-16-17-18/h4-6,9-10,20H,3,7-8H2,1-2H3. The maximum absolute atomic E-state index is 11.4. The molecule has 0 aliphatic heterocycles. The highest BCUT2D eigenvalue weighted by atomic mass is 16.5. The van der Waals surface area contributed by atoms with Crippen molar-refractivity contribution in [1.82, 2.24) is 20.2 Å². The number of carbonyl (C=O) groups is 1. The first kappa shape index (κ1) is 15.1. The molecule has 1 aromatic heterocycles. The fraction of sp³-hybridized carbons (Fsp3) is 0.429. The zero-order valence-corrected chi connectivity index (χ0v) is 12.1. The Labute approximate surface area is 122 Å². The van der Waals surface area contributed by atoms with Gasteiger partial charge in [0.15, 0.2) is 0 Å². The Morgan fingerprint density at radius 3 is 2.95 bits per heavy atom. The molecule has 0 amide bonds. The van der Waals surface area contributed by atoms with E-state index in [4.69, 9.17) is 4.74 Å². The van der Waals surface area contributed by atoms with Gasteiger partial charge in [-0.25, -0.2) is 4.68 Å². The van der Waals surface area contributed by atoms with Gasteiger partial charge in [0.1, 0.15) is 6.33 Å². The smallest absolute Gasteiger partial charge is 0.305 e. The zero-order valence-electron chi connectivity index (χ0n) is 12.1. The van der Waals surface area contributed by atoms with Crippen molar-refractivity contribution in [2.45, 2.75) is 32.3 Å². The zero-order chi connectivity index (χ0) is 15.3. The summed E-state index contributed by atoms with van der Waals surface area (Å²) in [6.45, 7) is 3.77. The van der Waals surface area contributed by atoms with Crippen molar-refractivity contribution in [3.63, 3.8) is 0 Å². The van der Waals surface area contributed by atoms with Crippen LogP contribution in [0.25, 0.3) is 5.69 Å². The maximum atomic E-state index is 11.4. The topological polar surface area (TPSA) is 90.1 Å². The molecular weight excluding hydrogens is 272 g/mol. The fourth-order valence-electron chi connectivity index (χ4n) is 1.99. The quantitative estimate of drug-likeness (QED) is 0.804. The molecule has 1 heterocycles. The molecule has 0 saturated carbocycles. The van der Waals surface area contributed by atoms with E-state index >= 15 is 0 Å². The molecule has 0 saturated heterocycles. The van der Waals surface area contributed by atoms with Crippen molar-refractivity contribution in [3.05, 3.63) is 36.2 Å². The fourth-order valence-corrected chi connectivity index (χ4v) is 1.99. The minimum Gasteiger partial charge on any atom is -0.466 e. The van der Waals surface area contributed by atoms with Crippen LogP contribution < -0.4 is 0 Å². The van der Waals surface area contributed by atoms with E-state index in [1.54, 1.807) is 26.0 Å². The first-order valence-electron chi connectivity index (χ1n) is 6.75. The second-order valence-electron chi connectivity index (χ2n) is 4.88. The number of tetrazole rings is 1. The van der Waals surface area contributed by atoms with E-state index in [9.17, 15) is 9.90 Å². The summed E-state index contributed by atoms with van der Waals surface area (Å²) in [4.78, 5) is 11.4. The third-order valence-corrected chi connectivity index (χ3v) is 3.20. The van der Waals surface area contributed by atoms with Crippen LogP contribution in [0.2, 0.25) is 0 Å². The molecule has 1 atom stereocenters. The molecule has 0 spiro atoms. The van der Waals surface area contributed by atoms with Crippen LogP contribution in [0, 0.1) is 0 Å². The summed E-state index contributed by atoms with van der Waals surface area (Å²) in [6.07, 6.45) is 1.92. The highest BCUT2D eigenvalue weighted by Crippen LogP contribution is 2.27. The van der Waals surface area contributed by atoms with E-state index in [-0.39, 0.29) is 18.8 Å². The Bertz CT molecular complexity index is 596. The van der Waals surface area contributed by atoms with Gasteiger partial charge in [-0.1, -0.05) is 12.1 Å². The van der Waals surface area contributed by atoms with Gasteiger partial charge in [-0.2, -0.15) is 0 Å². The number of hydrogen-bond acceptors (Lipinski definition) is 6. The summed E-state index contributed by atoms with van der Waals surface area (Å²) in [5.74, 6) is -0.311. The van der Waals surface area contributed by atoms with Crippen LogP contribution in [0.1, 0.15) is 32.3 Å². The molecule has 1 aromatic carbocycles. The van der Waals surface area contributed by atoms with Gasteiger partial charge in [0.05, 0.1) is 17.9 Å². The minimum absolute atomic E-state index is 0.163. The minimum atomic E-state index is -1.13. The highest BCUT2D eigenvalue weighted by molar-refractivity contribution is 5.69. The third kappa shape index (κ3) is 3.85. The largest absolute Gasteiger partial charge is 0.466 e. The number of hydrogen-bond donors (Lipinski definition) is 1. The molecule has 0 aliphatic carbocycles. The molecule has 7 nitrogen and oxygen atoms in total. The average Bonchev–Trinajstić information content (AvgIpc) is 3.00. The van der Waals surface area contributed by atoms with Gasteiger partial charge < -0.3 is 9.84 Å². The van der Waals surface area contributed by atoms with E-state index in [0.717, 1.165) is 5.69 Å². The van der Waals surface area contributed by atoms with Crippen molar-refractivity contribution in [2.24, 2.45) is 0 Å². The van der Waals surface area contributed by atoms with Crippen LogP contribution in [0.5, 0.6) is 0 Å². The number of rotatable bonds is 6. The highest BCUT2D eigenvalue weighted by Gasteiger charge is 2.24. The Balaban J connectivity index is 2.12. The maximum Gasteiger partial charge on any atom is 0.305 e. The van der Waals surface area contributed by atoms with Crippen LogP contribution in [0.3, 0.4) is 0 Å². The SMILES string of the molecule is CCOC(=O)CCC(C)(O)c1cccc(-n2cnnn2)c1. The normalized spacial score (nSPS) is 13.7. The van der Waals surface area contributed by atoms with Gasteiger partial charge >= 0.3 is 5.97 Å². The molecule has 21 heavy (non-hydrogen) atoms. The predicted molar refractivity (Wildman–Crippen MR) is 74.6 cm³/mol. The molecule has 1 unspecified atom stereocenters.